The molecule has 2 aliphatic heterocycles. The first kappa shape index (κ1) is 17.2. The molecule has 0 aromatic heterocycles. The zero-order valence-electron chi connectivity index (χ0n) is 14.3. The van der Waals surface area contributed by atoms with Gasteiger partial charge >= 0.3 is 0 Å². The summed E-state index contributed by atoms with van der Waals surface area (Å²) in [5.41, 5.74) is 0.592. The number of carbonyl (C=O) groups excluding carboxylic acids is 1. The van der Waals surface area contributed by atoms with Crippen molar-refractivity contribution in [3.8, 4) is 5.75 Å². The molecule has 1 aromatic rings. The molecule has 132 valence electrons. The fourth-order valence-corrected chi connectivity index (χ4v) is 3.51. The van der Waals surface area contributed by atoms with E-state index < -0.39 is 0 Å². The lowest BCUT2D eigenvalue weighted by Gasteiger charge is -2.47. The largest absolute Gasteiger partial charge is 0.497 e. The smallest absolute Gasteiger partial charge is 0.251 e. The van der Waals surface area contributed by atoms with E-state index in [-0.39, 0.29) is 11.4 Å². The number of nitrogens with one attached hydrogen (secondary N) is 1. The number of methoxy groups -OCH3 is 1. The standard InChI is InChI=1S/C18H26N2O4/c1-22-16-4-2-3-15(13-16)17(21)19-14-18(5-9-23-10-6-18)20-7-11-24-12-8-20/h2-4,13H,5-12,14H2,1H3,(H,19,21). The minimum atomic E-state index is -0.0620. The van der Waals surface area contributed by atoms with Gasteiger partial charge in [-0.1, -0.05) is 6.07 Å². The second-order valence-corrected chi connectivity index (χ2v) is 6.35. The number of ether oxygens (including phenoxy) is 3. The van der Waals surface area contributed by atoms with E-state index in [0.29, 0.717) is 17.9 Å². The van der Waals surface area contributed by atoms with Gasteiger partial charge in [0.2, 0.25) is 0 Å². The van der Waals surface area contributed by atoms with E-state index in [4.69, 9.17) is 14.2 Å². The highest BCUT2D eigenvalue weighted by Crippen LogP contribution is 2.28. The molecule has 0 radical (unpaired) electrons. The van der Waals surface area contributed by atoms with Gasteiger partial charge in [0.15, 0.2) is 0 Å². The van der Waals surface area contributed by atoms with Crippen molar-refractivity contribution in [2.45, 2.75) is 18.4 Å². The third kappa shape index (κ3) is 3.88. The third-order valence-corrected chi connectivity index (χ3v) is 5.02. The SMILES string of the molecule is COc1cccc(C(=O)NCC2(N3CCOCC3)CCOCC2)c1. The molecule has 0 unspecified atom stereocenters. The molecule has 0 bridgehead atoms. The van der Waals surface area contributed by atoms with Crippen molar-refractivity contribution < 1.29 is 19.0 Å². The Morgan fingerprint density at radius 1 is 1.21 bits per heavy atom. The van der Waals surface area contributed by atoms with Crippen LogP contribution in [0.1, 0.15) is 23.2 Å². The first-order valence-corrected chi connectivity index (χ1v) is 8.56. The highest BCUT2D eigenvalue weighted by Gasteiger charge is 2.39. The maximum atomic E-state index is 12.5. The molecule has 6 nitrogen and oxygen atoms in total. The van der Waals surface area contributed by atoms with Gasteiger partial charge in [0.1, 0.15) is 5.75 Å². The highest BCUT2D eigenvalue weighted by atomic mass is 16.5. The van der Waals surface area contributed by atoms with Crippen LogP contribution in [-0.4, -0.2) is 69.5 Å². The molecule has 1 N–H and O–H groups in total. The maximum Gasteiger partial charge on any atom is 0.251 e. The van der Waals surface area contributed by atoms with Crippen molar-refractivity contribution >= 4 is 5.91 Å². The lowest BCUT2D eigenvalue weighted by atomic mass is 9.87. The van der Waals surface area contributed by atoms with E-state index in [1.807, 2.05) is 18.2 Å². The Labute approximate surface area is 143 Å². The lowest BCUT2D eigenvalue weighted by molar-refractivity contribution is -0.0693. The molecule has 2 saturated heterocycles. The number of nitrogens with zero attached hydrogens (tertiary/aromatic N) is 1. The van der Waals surface area contributed by atoms with Crippen molar-refractivity contribution in [1.29, 1.82) is 0 Å². The summed E-state index contributed by atoms with van der Waals surface area (Å²) in [7, 11) is 1.60. The van der Waals surface area contributed by atoms with Crippen molar-refractivity contribution in [1.82, 2.24) is 10.2 Å². The van der Waals surface area contributed by atoms with Gasteiger partial charge in [-0.15, -0.1) is 0 Å². The number of amides is 1. The van der Waals surface area contributed by atoms with Crippen LogP contribution in [0.4, 0.5) is 0 Å². The third-order valence-electron chi connectivity index (χ3n) is 5.02. The van der Waals surface area contributed by atoms with Crippen LogP contribution >= 0.6 is 0 Å². The second-order valence-electron chi connectivity index (χ2n) is 6.35. The Morgan fingerprint density at radius 3 is 2.62 bits per heavy atom. The van der Waals surface area contributed by atoms with Crippen LogP contribution in [0.5, 0.6) is 5.75 Å². The molecular formula is C18H26N2O4. The number of hydrogen-bond acceptors (Lipinski definition) is 5. The summed E-state index contributed by atoms with van der Waals surface area (Å²) in [5.74, 6) is 0.629. The fourth-order valence-electron chi connectivity index (χ4n) is 3.51. The molecule has 24 heavy (non-hydrogen) atoms. The first-order valence-electron chi connectivity index (χ1n) is 8.56. The predicted octanol–water partition coefficient (Wildman–Crippen LogP) is 1.31. The summed E-state index contributed by atoms with van der Waals surface area (Å²) in [6, 6.07) is 7.24. The number of morpholine rings is 1. The van der Waals surface area contributed by atoms with E-state index in [2.05, 4.69) is 10.2 Å². The van der Waals surface area contributed by atoms with Crippen LogP contribution < -0.4 is 10.1 Å². The molecule has 1 amide bonds. The van der Waals surface area contributed by atoms with Gasteiger partial charge in [0.25, 0.3) is 5.91 Å². The molecule has 0 atom stereocenters. The minimum absolute atomic E-state index is 0.0312. The van der Waals surface area contributed by atoms with Crippen LogP contribution in [0.25, 0.3) is 0 Å². The van der Waals surface area contributed by atoms with Gasteiger partial charge in [0.05, 0.1) is 20.3 Å². The quantitative estimate of drug-likeness (QED) is 0.880. The maximum absolute atomic E-state index is 12.5. The second kappa shape index (κ2) is 7.96. The molecule has 0 aliphatic carbocycles. The van der Waals surface area contributed by atoms with Crippen molar-refractivity contribution in [2.75, 3.05) is 53.2 Å². The number of benzene rings is 1. The zero-order chi connectivity index (χ0) is 16.8. The van der Waals surface area contributed by atoms with Gasteiger partial charge in [-0.25, -0.2) is 0 Å². The van der Waals surface area contributed by atoms with Crippen molar-refractivity contribution in [2.24, 2.45) is 0 Å². The molecule has 6 heteroatoms. The highest BCUT2D eigenvalue weighted by molar-refractivity contribution is 5.94. The summed E-state index contributed by atoms with van der Waals surface area (Å²) in [6.07, 6.45) is 1.87. The number of hydrogen-bond donors (Lipinski definition) is 1. The molecule has 1 aromatic carbocycles. The molecule has 2 fully saturated rings. The summed E-state index contributed by atoms with van der Waals surface area (Å²) in [4.78, 5) is 15.0. The molecule has 3 rings (SSSR count). The zero-order valence-corrected chi connectivity index (χ0v) is 14.3. The van der Waals surface area contributed by atoms with E-state index in [0.717, 1.165) is 52.4 Å². The summed E-state index contributed by atoms with van der Waals surface area (Å²) < 4.78 is 16.2. The van der Waals surface area contributed by atoms with Crippen LogP contribution in [0, 0.1) is 0 Å². The van der Waals surface area contributed by atoms with Gasteiger partial charge in [-0.2, -0.15) is 0 Å². The normalized spacial score (nSPS) is 21.2. The average molecular weight is 334 g/mol. The summed E-state index contributed by atoms with van der Waals surface area (Å²) in [6.45, 7) is 5.45. The van der Waals surface area contributed by atoms with Gasteiger partial charge < -0.3 is 19.5 Å². The fraction of sp³-hybridized carbons (Fsp3) is 0.611. The van der Waals surface area contributed by atoms with Gasteiger partial charge in [-0.05, 0) is 31.0 Å². The van der Waals surface area contributed by atoms with E-state index in [1.165, 1.54) is 0 Å². The van der Waals surface area contributed by atoms with Crippen molar-refractivity contribution in [3.05, 3.63) is 29.8 Å². The molecule has 0 spiro atoms. The Morgan fingerprint density at radius 2 is 1.92 bits per heavy atom. The van der Waals surface area contributed by atoms with Crippen LogP contribution in [0.2, 0.25) is 0 Å². The minimum Gasteiger partial charge on any atom is -0.497 e. The monoisotopic (exact) mass is 334 g/mol. The molecule has 2 aliphatic rings. The first-order chi connectivity index (χ1) is 11.7. The molecule has 2 heterocycles. The van der Waals surface area contributed by atoms with Gasteiger partial charge in [-0.3, -0.25) is 9.69 Å². The topological polar surface area (TPSA) is 60.0 Å². The van der Waals surface area contributed by atoms with E-state index in [9.17, 15) is 4.79 Å². The lowest BCUT2D eigenvalue weighted by Crippen LogP contribution is -2.61. The molecule has 0 saturated carbocycles. The van der Waals surface area contributed by atoms with E-state index >= 15 is 0 Å². The summed E-state index contributed by atoms with van der Waals surface area (Å²) in [5, 5.41) is 3.13. The van der Waals surface area contributed by atoms with Crippen molar-refractivity contribution in [3.63, 3.8) is 0 Å². The number of carbonyl (C=O) groups is 1. The van der Waals surface area contributed by atoms with Crippen LogP contribution in [-0.2, 0) is 9.47 Å². The Balaban J connectivity index is 1.67. The van der Waals surface area contributed by atoms with Crippen LogP contribution in [0.15, 0.2) is 24.3 Å². The Kier molecular flexibility index (Phi) is 5.71. The Bertz CT molecular complexity index is 552. The van der Waals surface area contributed by atoms with Gasteiger partial charge in [0, 0.05) is 44.0 Å². The Hall–Kier alpha value is -1.63. The molecular weight excluding hydrogens is 308 g/mol. The van der Waals surface area contributed by atoms with Crippen LogP contribution in [0.3, 0.4) is 0 Å². The average Bonchev–Trinajstić information content (AvgIpc) is 2.67. The summed E-state index contributed by atoms with van der Waals surface area (Å²) >= 11 is 0. The predicted molar refractivity (Wildman–Crippen MR) is 90.5 cm³/mol. The number of rotatable bonds is 5. The van der Waals surface area contributed by atoms with E-state index in [1.54, 1.807) is 13.2 Å².